The van der Waals surface area contributed by atoms with Gasteiger partial charge in [-0.3, -0.25) is 0 Å². The first-order valence-electron chi connectivity index (χ1n) is 5.66. The summed E-state index contributed by atoms with van der Waals surface area (Å²) < 4.78 is 1.89. The third kappa shape index (κ3) is 3.11. The number of benzene rings is 1. The molecule has 1 N–H and O–H groups in total. The van der Waals surface area contributed by atoms with Crippen molar-refractivity contribution < 1.29 is 5.11 Å². The summed E-state index contributed by atoms with van der Waals surface area (Å²) >= 11 is 1.76. The van der Waals surface area contributed by atoms with Gasteiger partial charge in [-0.15, -0.1) is 11.8 Å². The molecule has 0 bridgehead atoms. The smallest absolute Gasteiger partial charge is 0.0980 e. The van der Waals surface area contributed by atoms with Gasteiger partial charge in [0.15, 0.2) is 0 Å². The Kier molecular flexibility index (Phi) is 4.23. The van der Waals surface area contributed by atoms with Crippen molar-refractivity contribution in [2.75, 3.05) is 5.75 Å². The molecule has 1 aromatic carbocycles. The fraction of sp³-hybridized carbons (Fsp3) is 0.308. The summed E-state index contributed by atoms with van der Waals surface area (Å²) in [5.74, 6) is 1.01. The third-order valence-electron chi connectivity index (χ3n) is 2.52. The molecule has 0 saturated heterocycles. The van der Waals surface area contributed by atoms with Crippen molar-refractivity contribution in [3.05, 3.63) is 48.5 Å². The Labute approximate surface area is 106 Å². The molecule has 0 radical (unpaired) electrons. The molecule has 1 unspecified atom stereocenters. The van der Waals surface area contributed by atoms with Gasteiger partial charge in [0.1, 0.15) is 0 Å². The summed E-state index contributed by atoms with van der Waals surface area (Å²) in [7, 11) is 0. The van der Waals surface area contributed by atoms with Crippen LogP contribution in [0.3, 0.4) is 0 Å². The van der Waals surface area contributed by atoms with Crippen LogP contribution in [0.25, 0.3) is 0 Å². The van der Waals surface area contributed by atoms with E-state index in [-0.39, 0.29) is 0 Å². The minimum Gasteiger partial charge on any atom is -0.386 e. The summed E-state index contributed by atoms with van der Waals surface area (Å²) in [6.07, 6.45) is 4.82. The highest BCUT2D eigenvalue weighted by molar-refractivity contribution is 7.99. The number of nitrogens with zero attached hydrogens (tertiary/aromatic N) is 2. The van der Waals surface area contributed by atoms with E-state index in [9.17, 15) is 5.11 Å². The van der Waals surface area contributed by atoms with Crippen LogP contribution in [-0.2, 0) is 6.54 Å². The average molecular weight is 248 g/mol. The highest BCUT2D eigenvalue weighted by Gasteiger charge is 2.12. The molecule has 1 atom stereocenters. The monoisotopic (exact) mass is 248 g/mol. The molecule has 2 aromatic rings. The summed E-state index contributed by atoms with van der Waals surface area (Å²) in [5, 5.41) is 10.2. The van der Waals surface area contributed by atoms with E-state index in [4.69, 9.17) is 0 Å². The molecule has 4 heteroatoms. The van der Waals surface area contributed by atoms with Crippen LogP contribution in [-0.4, -0.2) is 20.4 Å². The van der Waals surface area contributed by atoms with Crippen LogP contribution < -0.4 is 0 Å². The number of hydrogen-bond donors (Lipinski definition) is 1. The van der Waals surface area contributed by atoms with Crippen LogP contribution in [0, 0.1) is 0 Å². The molecular weight excluding hydrogens is 232 g/mol. The molecule has 2 rings (SSSR count). The molecule has 0 fully saturated rings. The van der Waals surface area contributed by atoms with Gasteiger partial charge >= 0.3 is 0 Å². The molecule has 1 heterocycles. The lowest BCUT2D eigenvalue weighted by Gasteiger charge is -2.15. The molecule has 1 aromatic heterocycles. The molecule has 0 aliphatic rings. The number of imidazole rings is 1. The normalized spacial score (nSPS) is 12.6. The lowest BCUT2D eigenvalue weighted by atomic mass is 10.1. The van der Waals surface area contributed by atoms with Gasteiger partial charge < -0.3 is 9.67 Å². The molecule has 3 nitrogen and oxygen atoms in total. The highest BCUT2D eigenvalue weighted by Crippen LogP contribution is 2.28. The highest BCUT2D eigenvalue weighted by atomic mass is 32.2. The number of hydrogen-bond acceptors (Lipinski definition) is 3. The first-order valence-corrected chi connectivity index (χ1v) is 6.65. The van der Waals surface area contributed by atoms with Gasteiger partial charge in [0.25, 0.3) is 0 Å². The lowest BCUT2D eigenvalue weighted by molar-refractivity contribution is 0.154. The molecule has 0 amide bonds. The Morgan fingerprint density at radius 1 is 1.41 bits per heavy atom. The maximum Gasteiger partial charge on any atom is 0.0980 e. The summed E-state index contributed by atoms with van der Waals surface area (Å²) in [6.45, 7) is 2.66. The van der Waals surface area contributed by atoms with Gasteiger partial charge in [0, 0.05) is 17.3 Å². The second-order valence-corrected chi connectivity index (χ2v) is 5.05. The van der Waals surface area contributed by atoms with Gasteiger partial charge in [-0.05, 0) is 17.4 Å². The van der Waals surface area contributed by atoms with Gasteiger partial charge in [-0.2, -0.15) is 0 Å². The van der Waals surface area contributed by atoms with Crippen LogP contribution >= 0.6 is 11.8 Å². The topological polar surface area (TPSA) is 38.0 Å². The van der Waals surface area contributed by atoms with Crippen molar-refractivity contribution in [2.45, 2.75) is 24.5 Å². The van der Waals surface area contributed by atoms with E-state index < -0.39 is 6.10 Å². The Balaban J connectivity index is 2.15. The fourth-order valence-electron chi connectivity index (χ4n) is 1.74. The maximum atomic E-state index is 10.2. The SMILES string of the molecule is CCSc1ccccc1C(O)Cn1ccnc1. The predicted molar refractivity (Wildman–Crippen MR) is 70.0 cm³/mol. The maximum absolute atomic E-state index is 10.2. The van der Waals surface area contributed by atoms with Crippen molar-refractivity contribution in [2.24, 2.45) is 0 Å². The van der Waals surface area contributed by atoms with E-state index in [0.717, 1.165) is 16.2 Å². The van der Waals surface area contributed by atoms with Crippen molar-refractivity contribution in [1.29, 1.82) is 0 Å². The Bertz CT molecular complexity index is 456. The fourth-order valence-corrected chi connectivity index (χ4v) is 2.59. The third-order valence-corrected chi connectivity index (χ3v) is 3.49. The Morgan fingerprint density at radius 3 is 2.94 bits per heavy atom. The lowest BCUT2D eigenvalue weighted by Crippen LogP contribution is -2.08. The van der Waals surface area contributed by atoms with E-state index in [1.54, 1.807) is 24.3 Å². The van der Waals surface area contributed by atoms with Crippen LogP contribution in [0.4, 0.5) is 0 Å². The summed E-state index contributed by atoms with van der Waals surface area (Å²) in [5.41, 5.74) is 0.994. The zero-order valence-corrected chi connectivity index (χ0v) is 10.6. The van der Waals surface area contributed by atoms with Gasteiger partial charge in [-0.1, -0.05) is 25.1 Å². The van der Waals surface area contributed by atoms with E-state index in [1.807, 2.05) is 29.0 Å². The second kappa shape index (κ2) is 5.89. The molecule has 0 aliphatic carbocycles. The van der Waals surface area contributed by atoms with E-state index >= 15 is 0 Å². The Morgan fingerprint density at radius 2 is 2.24 bits per heavy atom. The van der Waals surface area contributed by atoms with Crippen LogP contribution in [0.15, 0.2) is 47.9 Å². The molecule has 17 heavy (non-hydrogen) atoms. The number of aliphatic hydroxyl groups is 1. The molecule has 0 aliphatic heterocycles. The first kappa shape index (κ1) is 12.2. The minimum atomic E-state index is -0.487. The second-order valence-electron chi connectivity index (χ2n) is 3.75. The number of aromatic nitrogens is 2. The van der Waals surface area contributed by atoms with Gasteiger partial charge in [0.2, 0.25) is 0 Å². The molecule has 0 saturated carbocycles. The number of rotatable bonds is 5. The predicted octanol–water partition coefficient (Wildman–Crippen LogP) is 2.73. The Hall–Kier alpha value is -1.26. The molecular formula is C13H16N2OS. The largest absolute Gasteiger partial charge is 0.386 e. The zero-order valence-electron chi connectivity index (χ0n) is 9.78. The van der Waals surface area contributed by atoms with Crippen molar-refractivity contribution in [3.8, 4) is 0 Å². The average Bonchev–Trinajstić information content (AvgIpc) is 2.83. The van der Waals surface area contributed by atoms with Gasteiger partial charge in [-0.25, -0.2) is 4.98 Å². The van der Waals surface area contributed by atoms with Crippen molar-refractivity contribution in [1.82, 2.24) is 9.55 Å². The molecule has 0 spiro atoms. The van der Waals surface area contributed by atoms with Gasteiger partial charge in [0.05, 0.1) is 19.0 Å². The first-order chi connectivity index (χ1) is 8.31. The molecule has 90 valence electrons. The zero-order chi connectivity index (χ0) is 12.1. The van der Waals surface area contributed by atoms with E-state index in [1.165, 1.54) is 0 Å². The van der Waals surface area contributed by atoms with Crippen LogP contribution in [0.2, 0.25) is 0 Å². The summed E-state index contributed by atoms with van der Waals surface area (Å²) in [6, 6.07) is 8.01. The summed E-state index contributed by atoms with van der Waals surface area (Å²) in [4.78, 5) is 5.13. The van der Waals surface area contributed by atoms with E-state index in [2.05, 4.69) is 18.0 Å². The van der Waals surface area contributed by atoms with E-state index in [0.29, 0.717) is 6.54 Å². The number of thioether (sulfide) groups is 1. The minimum absolute atomic E-state index is 0.487. The van der Waals surface area contributed by atoms with Crippen LogP contribution in [0.1, 0.15) is 18.6 Å². The number of aliphatic hydroxyl groups excluding tert-OH is 1. The standard InChI is InChI=1S/C13H16N2OS/c1-2-17-13-6-4-3-5-11(13)12(16)9-15-8-7-14-10-15/h3-8,10,12,16H,2,9H2,1H3. The quantitative estimate of drug-likeness (QED) is 0.827. The van der Waals surface area contributed by atoms with Crippen LogP contribution in [0.5, 0.6) is 0 Å². The van der Waals surface area contributed by atoms with Crippen molar-refractivity contribution >= 4 is 11.8 Å². The van der Waals surface area contributed by atoms with Crippen molar-refractivity contribution in [3.63, 3.8) is 0 Å².